The van der Waals surface area contributed by atoms with Crippen molar-refractivity contribution in [1.29, 1.82) is 0 Å². The van der Waals surface area contributed by atoms with Crippen molar-refractivity contribution < 1.29 is 13.9 Å². The van der Waals surface area contributed by atoms with Crippen LogP contribution in [0.5, 0.6) is 0 Å². The molecule has 0 amide bonds. The molecule has 0 saturated heterocycles. The Morgan fingerprint density at radius 1 is 1.53 bits per heavy atom. The van der Waals surface area contributed by atoms with Crippen LogP contribution in [0.25, 0.3) is 5.57 Å². The number of carbonyl (C=O) groups is 1. The van der Waals surface area contributed by atoms with Crippen molar-refractivity contribution in [3.63, 3.8) is 0 Å². The minimum Gasteiger partial charge on any atom is -0.465 e. The summed E-state index contributed by atoms with van der Waals surface area (Å²) in [5, 5.41) is 0. The van der Waals surface area contributed by atoms with Gasteiger partial charge in [0.25, 0.3) is 0 Å². The molecule has 2 N–H and O–H groups in total. The number of nitrogens with two attached hydrogens (primary N) is 1. The maximum atomic E-state index is 13.0. The van der Waals surface area contributed by atoms with Gasteiger partial charge in [0.05, 0.1) is 12.7 Å². The molecule has 1 aromatic rings. The number of nitrogen functional groups attached to an aromatic ring is 1. The van der Waals surface area contributed by atoms with Crippen molar-refractivity contribution in [3.05, 3.63) is 35.7 Å². The first-order valence-corrected chi connectivity index (χ1v) is 4.40. The fourth-order valence-electron chi connectivity index (χ4n) is 1.26. The van der Waals surface area contributed by atoms with E-state index in [1.54, 1.807) is 6.92 Å². The highest BCUT2D eigenvalue weighted by Crippen LogP contribution is 2.23. The molecule has 1 rings (SSSR count). The fourth-order valence-corrected chi connectivity index (χ4v) is 1.26. The highest BCUT2D eigenvalue weighted by atomic mass is 19.1. The summed E-state index contributed by atoms with van der Waals surface area (Å²) < 4.78 is 17.5. The predicted molar refractivity (Wildman–Crippen MR) is 56.5 cm³/mol. The van der Waals surface area contributed by atoms with Crippen molar-refractivity contribution in [2.24, 2.45) is 0 Å². The molecule has 0 aromatic heterocycles. The predicted octanol–water partition coefficient (Wildman–Crippen LogP) is 1.98. The zero-order chi connectivity index (χ0) is 11.4. The molecule has 0 heterocycles. The molecule has 0 atom stereocenters. The second-order valence-electron chi connectivity index (χ2n) is 2.93. The number of anilines is 1. The molecule has 15 heavy (non-hydrogen) atoms. The van der Waals surface area contributed by atoms with Crippen LogP contribution in [-0.2, 0) is 9.53 Å². The largest absolute Gasteiger partial charge is 0.465 e. The van der Waals surface area contributed by atoms with Crippen LogP contribution >= 0.6 is 0 Å². The Morgan fingerprint density at radius 2 is 2.20 bits per heavy atom. The molecule has 0 aliphatic carbocycles. The monoisotopic (exact) mass is 209 g/mol. The number of halogens is 1. The van der Waals surface area contributed by atoms with Gasteiger partial charge in [-0.05, 0) is 25.1 Å². The normalized spacial score (nSPS) is 11.3. The lowest BCUT2D eigenvalue weighted by Crippen LogP contribution is -2.06. The topological polar surface area (TPSA) is 52.3 Å². The molecule has 0 fully saturated rings. The van der Waals surface area contributed by atoms with E-state index in [9.17, 15) is 9.18 Å². The number of methoxy groups -OCH3 is 1. The van der Waals surface area contributed by atoms with E-state index in [4.69, 9.17) is 5.73 Å². The maximum absolute atomic E-state index is 13.0. The molecule has 3 nitrogen and oxygen atoms in total. The number of rotatable bonds is 2. The average Bonchev–Trinajstić information content (AvgIpc) is 2.23. The standard InChI is InChI=1S/C11H12FNO2/c1-3-8(11(14)15-2)9-6-7(12)4-5-10(9)13/h3-6H,13H2,1-2H3/b8-3-. The Kier molecular flexibility index (Phi) is 3.44. The summed E-state index contributed by atoms with van der Waals surface area (Å²) in [6.07, 6.45) is 1.54. The van der Waals surface area contributed by atoms with Crippen molar-refractivity contribution in [1.82, 2.24) is 0 Å². The fraction of sp³-hybridized carbons (Fsp3) is 0.182. The number of hydrogen-bond donors (Lipinski definition) is 1. The van der Waals surface area contributed by atoms with Gasteiger partial charge in [0.15, 0.2) is 0 Å². The van der Waals surface area contributed by atoms with Crippen molar-refractivity contribution in [2.45, 2.75) is 6.92 Å². The van der Waals surface area contributed by atoms with E-state index >= 15 is 0 Å². The van der Waals surface area contributed by atoms with E-state index in [0.717, 1.165) is 0 Å². The third kappa shape index (κ3) is 2.34. The second-order valence-corrected chi connectivity index (χ2v) is 2.93. The quantitative estimate of drug-likeness (QED) is 0.460. The lowest BCUT2D eigenvalue weighted by Gasteiger charge is -2.08. The van der Waals surface area contributed by atoms with Gasteiger partial charge in [-0.2, -0.15) is 0 Å². The molecular weight excluding hydrogens is 197 g/mol. The van der Waals surface area contributed by atoms with Crippen LogP contribution < -0.4 is 5.73 Å². The van der Waals surface area contributed by atoms with Crippen LogP contribution in [0.2, 0.25) is 0 Å². The van der Waals surface area contributed by atoms with Gasteiger partial charge in [-0.1, -0.05) is 6.08 Å². The van der Waals surface area contributed by atoms with Gasteiger partial charge in [0.2, 0.25) is 0 Å². The number of hydrogen-bond acceptors (Lipinski definition) is 3. The van der Waals surface area contributed by atoms with E-state index in [0.29, 0.717) is 11.3 Å². The van der Waals surface area contributed by atoms with Crippen LogP contribution in [0.15, 0.2) is 24.3 Å². The smallest absolute Gasteiger partial charge is 0.338 e. The molecular formula is C11H12FNO2. The lowest BCUT2D eigenvalue weighted by atomic mass is 10.0. The third-order valence-electron chi connectivity index (χ3n) is 2.00. The van der Waals surface area contributed by atoms with E-state index in [-0.39, 0.29) is 5.57 Å². The molecule has 0 spiro atoms. The molecule has 0 saturated carbocycles. The highest BCUT2D eigenvalue weighted by Gasteiger charge is 2.14. The van der Waals surface area contributed by atoms with Gasteiger partial charge < -0.3 is 10.5 Å². The van der Waals surface area contributed by atoms with Crippen molar-refractivity contribution in [3.8, 4) is 0 Å². The summed E-state index contributed by atoms with van der Waals surface area (Å²) in [5.74, 6) is -0.975. The van der Waals surface area contributed by atoms with E-state index in [1.165, 1.54) is 31.4 Å². The minimum absolute atomic E-state index is 0.259. The van der Waals surface area contributed by atoms with Gasteiger partial charge >= 0.3 is 5.97 Å². The zero-order valence-electron chi connectivity index (χ0n) is 8.58. The van der Waals surface area contributed by atoms with Crippen LogP contribution in [0.3, 0.4) is 0 Å². The van der Waals surface area contributed by atoms with Gasteiger partial charge in [0.1, 0.15) is 5.82 Å². The number of carbonyl (C=O) groups excluding carboxylic acids is 1. The third-order valence-corrected chi connectivity index (χ3v) is 2.00. The molecule has 0 aliphatic rings. The molecule has 80 valence electrons. The summed E-state index contributed by atoms with van der Waals surface area (Å²) in [5.41, 5.74) is 6.60. The lowest BCUT2D eigenvalue weighted by molar-refractivity contribution is -0.133. The number of esters is 1. The van der Waals surface area contributed by atoms with E-state index in [2.05, 4.69) is 4.74 Å². The summed E-state index contributed by atoms with van der Waals surface area (Å²) in [7, 11) is 1.27. The van der Waals surface area contributed by atoms with Crippen molar-refractivity contribution >= 4 is 17.2 Å². The summed E-state index contributed by atoms with van der Waals surface area (Å²) in [4.78, 5) is 11.3. The molecule has 0 aliphatic heterocycles. The van der Waals surface area contributed by atoms with Gasteiger partial charge in [0, 0.05) is 11.3 Å². The van der Waals surface area contributed by atoms with Crippen molar-refractivity contribution in [2.75, 3.05) is 12.8 Å². The summed E-state index contributed by atoms with van der Waals surface area (Å²) >= 11 is 0. The average molecular weight is 209 g/mol. The Labute approximate surface area is 87.3 Å². The maximum Gasteiger partial charge on any atom is 0.338 e. The molecule has 0 radical (unpaired) electrons. The first kappa shape index (κ1) is 11.2. The van der Waals surface area contributed by atoms with Crippen LogP contribution in [0, 0.1) is 5.82 Å². The Balaban J connectivity index is 3.24. The van der Waals surface area contributed by atoms with Gasteiger partial charge in [-0.25, -0.2) is 9.18 Å². The summed E-state index contributed by atoms with van der Waals surface area (Å²) in [6.45, 7) is 1.66. The van der Waals surface area contributed by atoms with Crippen LogP contribution in [0.4, 0.5) is 10.1 Å². The minimum atomic E-state index is -0.533. The van der Waals surface area contributed by atoms with Gasteiger partial charge in [-0.3, -0.25) is 0 Å². The zero-order valence-corrected chi connectivity index (χ0v) is 8.58. The Hall–Kier alpha value is -1.84. The molecule has 0 bridgehead atoms. The summed E-state index contributed by atoms with van der Waals surface area (Å²) in [6, 6.07) is 3.86. The first-order chi connectivity index (χ1) is 7.10. The number of ether oxygens (including phenoxy) is 1. The van der Waals surface area contributed by atoms with Crippen LogP contribution in [-0.4, -0.2) is 13.1 Å². The van der Waals surface area contributed by atoms with E-state index < -0.39 is 11.8 Å². The first-order valence-electron chi connectivity index (χ1n) is 4.40. The molecule has 4 heteroatoms. The second kappa shape index (κ2) is 4.59. The van der Waals surface area contributed by atoms with E-state index in [1.807, 2.05) is 0 Å². The SMILES string of the molecule is C/C=C(\C(=O)OC)c1cc(F)ccc1N. The number of allylic oxidation sites excluding steroid dienone is 1. The number of benzene rings is 1. The van der Waals surface area contributed by atoms with Gasteiger partial charge in [-0.15, -0.1) is 0 Å². The Morgan fingerprint density at radius 3 is 2.73 bits per heavy atom. The molecule has 1 aromatic carbocycles. The Bertz CT molecular complexity index is 413. The van der Waals surface area contributed by atoms with Crippen LogP contribution in [0.1, 0.15) is 12.5 Å². The molecule has 0 unspecified atom stereocenters. The highest BCUT2D eigenvalue weighted by molar-refractivity contribution is 6.17.